The van der Waals surface area contributed by atoms with Crippen LogP contribution < -0.4 is 26.6 Å². The summed E-state index contributed by atoms with van der Waals surface area (Å²) in [6.45, 7) is 5.24. The topological polar surface area (TPSA) is 140 Å². The number of pyridine rings is 1. The van der Waals surface area contributed by atoms with Gasteiger partial charge in [-0.05, 0) is 55.0 Å². The van der Waals surface area contributed by atoms with Gasteiger partial charge in [0.2, 0.25) is 5.88 Å². The second-order valence-corrected chi connectivity index (χ2v) is 14.3. The highest BCUT2D eigenvalue weighted by atomic mass is 35.5. The molecule has 2 atom stereocenters. The van der Waals surface area contributed by atoms with Crippen LogP contribution in [0.3, 0.4) is 0 Å². The van der Waals surface area contributed by atoms with E-state index in [0.29, 0.717) is 42.0 Å². The van der Waals surface area contributed by atoms with Gasteiger partial charge in [0.05, 0.1) is 30.0 Å². The lowest BCUT2D eigenvalue weighted by molar-refractivity contribution is 0.102. The van der Waals surface area contributed by atoms with E-state index in [1.54, 1.807) is 20.3 Å². The van der Waals surface area contributed by atoms with E-state index in [1.807, 2.05) is 42.2 Å². The summed E-state index contributed by atoms with van der Waals surface area (Å²) in [7, 11) is 6.11. The van der Waals surface area contributed by atoms with E-state index in [-0.39, 0.29) is 23.2 Å². The lowest BCUT2D eigenvalue weighted by atomic mass is 9.96. The molecule has 2 aliphatic heterocycles. The number of nitrogens with one attached hydrogen (secondary N) is 2. The Morgan fingerprint density at radius 3 is 2.60 bits per heavy atom. The van der Waals surface area contributed by atoms with Crippen LogP contribution in [0, 0.1) is 6.92 Å². The molecule has 272 valence electrons. The molecule has 2 saturated heterocycles. The molecule has 1 spiro atoms. The van der Waals surface area contributed by atoms with Gasteiger partial charge in [-0.15, -0.1) is 0 Å². The summed E-state index contributed by atoms with van der Waals surface area (Å²) < 4.78 is 13.2. The van der Waals surface area contributed by atoms with Crippen LogP contribution in [-0.4, -0.2) is 88.4 Å². The number of benzene rings is 2. The molecule has 4 heterocycles. The Morgan fingerprint density at radius 1 is 1.08 bits per heavy atom. The van der Waals surface area contributed by atoms with Gasteiger partial charge in [0, 0.05) is 82.0 Å². The highest BCUT2D eigenvalue weighted by Gasteiger charge is 2.49. The van der Waals surface area contributed by atoms with E-state index in [0.717, 1.165) is 70.3 Å². The number of aromatic nitrogens is 3. The molecule has 0 bridgehead atoms. The number of anilines is 1. The van der Waals surface area contributed by atoms with E-state index in [9.17, 15) is 19.2 Å². The molecule has 2 fully saturated rings. The molecule has 4 aromatic rings. The number of amides is 3. The maximum atomic E-state index is 13.2. The van der Waals surface area contributed by atoms with Crippen molar-refractivity contribution in [3.8, 4) is 28.3 Å². The van der Waals surface area contributed by atoms with Crippen LogP contribution in [0.1, 0.15) is 45.9 Å². The highest BCUT2D eigenvalue weighted by Crippen LogP contribution is 2.46. The minimum absolute atomic E-state index is 0.0335. The number of ether oxygens (including phenoxy) is 2. The maximum absolute atomic E-state index is 13.2. The maximum Gasteiger partial charge on any atom is 0.330 e. The molecule has 13 nitrogen and oxygen atoms in total. The third-order valence-electron chi connectivity index (χ3n) is 10.7. The van der Waals surface area contributed by atoms with E-state index in [1.165, 1.54) is 24.9 Å². The number of aryl methyl sites for hydroxylation is 2. The first kappa shape index (κ1) is 35.4. The molecule has 7 rings (SSSR count). The molecule has 3 amide bonds. The van der Waals surface area contributed by atoms with Gasteiger partial charge >= 0.3 is 11.7 Å². The van der Waals surface area contributed by atoms with Crippen molar-refractivity contribution in [2.24, 2.45) is 14.1 Å². The molecule has 0 radical (unpaired) electrons. The van der Waals surface area contributed by atoms with Crippen LogP contribution in [0.15, 0.2) is 58.3 Å². The smallest absolute Gasteiger partial charge is 0.330 e. The number of hydrogen-bond acceptors (Lipinski definition) is 8. The number of hydrogen-bond donors (Lipinski definition) is 2. The van der Waals surface area contributed by atoms with E-state index in [4.69, 9.17) is 26.1 Å². The van der Waals surface area contributed by atoms with Gasteiger partial charge in [-0.1, -0.05) is 41.9 Å². The second-order valence-electron chi connectivity index (χ2n) is 13.9. The number of rotatable bonds is 9. The predicted molar refractivity (Wildman–Crippen MR) is 198 cm³/mol. The Kier molecular flexibility index (Phi) is 9.45. The summed E-state index contributed by atoms with van der Waals surface area (Å²) in [5.41, 5.74) is 4.89. The first-order valence-electron chi connectivity index (χ1n) is 17.3. The fraction of sp³-hybridized carbons (Fsp3) is 0.395. The van der Waals surface area contributed by atoms with Crippen LogP contribution in [0.25, 0.3) is 22.4 Å². The van der Waals surface area contributed by atoms with Crippen LogP contribution in [-0.2, 0) is 25.3 Å². The van der Waals surface area contributed by atoms with E-state index < -0.39 is 17.2 Å². The van der Waals surface area contributed by atoms with Gasteiger partial charge < -0.3 is 29.6 Å². The molecule has 52 heavy (non-hydrogen) atoms. The van der Waals surface area contributed by atoms with Crippen molar-refractivity contribution in [2.75, 3.05) is 52.3 Å². The molecular weight excluding hydrogens is 686 g/mol. The summed E-state index contributed by atoms with van der Waals surface area (Å²) in [4.78, 5) is 60.1. The molecule has 0 saturated carbocycles. The lowest BCUT2D eigenvalue weighted by Crippen LogP contribution is -2.46. The minimum Gasteiger partial charge on any atom is -0.481 e. The van der Waals surface area contributed by atoms with Crippen molar-refractivity contribution in [1.29, 1.82) is 0 Å². The number of nitrogens with zero attached hydrogens (tertiary/aromatic N) is 5. The summed E-state index contributed by atoms with van der Waals surface area (Å²) in [5, 5.41) is 6.61. The molecule has 2 N–H and O–H groups in total. The van der Waals surface area contributed by atoms with Crippen molar-refractivity contribution in [3.63, 3.8) is 0 Å². The van der Waals surface area contributed by atoms with E-state index >= 15 is 0 Å². The monoisotopic (exact) mass is 727 g/mol. The van der Waals surface area contributed by atoms with Crippen molar-refractivity contribution in [2.45, 2.75) is 37.8 Å². The molecule has 2 aromatic heterocycles. The average molecular weight is 728 g/mol. The highest BCUT2D eigenvalue weighted by molar-refractivity contribution is 6.36. The van der Waals surface area contributed by atoms with Gasteiger partial charge in [-0.2, -0.15) is 0 Å². The SMILES string of the molecule is COCCN1C[C@]2(CCN([C@@H]3CCc4cc(-c5cccc(-c6cccc(NC(=O)c7cn(C)c(=O)n(C)c7=O)c6C)c5Cl)nc(OC)c43)C2)NC1=O. The Balaban J connectivity index is 1.15. The number of halogens is 1. The van der Waals surface area contributed by atoms with E-state index in [2.05, 4.69) is 21.6 Å². The third kappa shape index (κ3) is 6.16. The van der Waals surface area contributed by atoms with Gasteiger partial charge in [-0.3, -0.25) is 19.1 Å². The zero-order chi connectivity index (χ0) is 36.9. The fourth-order valence-electron chi connectivity index (χ4n) is 7.96. The molecule has 0 unspecified atom stereocenters. The first-order chi connectivity index (χ1) is 24.9. The largest absolute Gasteiger partial charge is 0.481 e. The normalized spacial score (nSPS) is 19.7. The fourth-order valence-corrected chi connectivity index (χ4v) is 8.29. The summed E-state index contributed by atoms with van der Waals surface area (Å²) >= 11 is 7.18. The number of fused-ring (bicyclic) bond motifs is 1. The Morgan fingerprint density at radius 2 is 1.83 bits per heavy atom. The first-order valence-corrected chi connectivity index (χ1v) is 17.7. The molecular formula is C38H42ClN7O6. The Hall–Kier alpha value is -4.98. The van der Waals surface area contributed by atoms with Crippen molar-refractivity contribution < 1.29 is 19.1 Å². The number of carbonyl (C=O) groups excluding carboxylic acids is 2. The van der Waals surface area contributed by atoms with Crippen LogP contribution in [0.5, 0.6) is 5.88 Å². The zero-order valence-corrected chi connectivity index (χ0v) is 30.7. The summed E-state index contributed by atoms with van der Waals surface area (Å²) in [6.07, 6.45) is 3.90. The quantitative estimate of drug-likeness (QED) is 0.262. The zero-order valence-electron chi connectivity index (χ0n) is 29.9. The van der Waals surface area contributed by atoms with Crippen molar-refractivity contribution in [1.82, 2.24) is 29.2 Å². The number of urea groups is 1. The van der Waals surface area contributed by atoms with Crippen LogP contribution in [0.2, 0.25) is 5.02 Å². The van der Waals surface area contributed by atoms with Gasteiger partial charge in [-0.25, -0.2) is 14.6 Å². The van der Waals surface area contributed by atoms with Crippen LogP contribution in [0.4, 0.5) is 10.5 Å². The summed E-state index contributed by atoms with van der Waals surface area (Å²) in [5.74, 6) is -0.0507. The average Bonchev–Trinajstić information content (AvgIpc) is 3.84. The molecule has 1 aliphatic carbocycles. The summed E-state index contributed by atoms with van der Waals surface area (Å²) in [6, 6.07) is 13.5. The predicted octanol–water partition coefficient (Wildman–Crippen LogP) is 4.14. The number of carbonyl (C=O) groups is 2. The molecule has 2 aromatic carbocycles. The van der Waals surface area contributed by atoms with Gasteiger partial charge in [0.15, 0.2) is 0 Å². The second kappa shape index (κ2) is 13.9. The third-order valence-corrected chi connectivity index (χ3v) is 11.1. The number of methoxy groups -OCH3 is 2. The Bertz CT molecular complexity index is 2220. The standard InChI is InChI=1S/C38H42ClN7O6/c1-22-24(8-7-11-28(22)40-33(47)27-19-43(2)37(50)44(3)35(27)48)25-9-6-10-26(32(25)39)29-18-23-12-13-30(31(23)34(41-29)52-5)45-15-14-38(20-45)21-46(16-17-51-4)36(49)42-38/h6-11,18-19,30H,12-17,20-21H2,1-5H3,(H,40,47)(H,42,49)/t30-,38-/m1/s1. The Labute approximate surface area is 306 Å². The number of likely N-dealkylation sites (tertiary alicyclic amines) is 1. The van der Waals surface area contributed by atoms with Gasteiger partial charge in [0.1, 0.15) is 5.56 Å². The van der Waals surface area contributed by atoms with Crippen molar-refractivity contribution in [3.05, 3.63) is 96.8 Å². The van der Waals surface area contributed by atoms with Gasteiger partial charge in [0.25, 0.3) is 11.5 Å². The van der Waals surface area contributed by atoms with Crippen molar-refractivity contribution >= 4 is 29.2 Å². The molecule has 3 aliphatic rings. The lowest BCUT2D eigenvalue weighted by Gasteiger charge is -2.28. The molecule has 14 heteroatoms. The minimum atomic E-state index is -0.675. The van der Waals surface area contributed by atoms with Crippen LogP contribution >= 0.6 is 11.6 Å².